The number of carbonyl (C=O) groups is 2. The molecule has 0 aromatic heterocycles. The number of benzene rings is 2. The summed E-state index contributed by atoms with van der Waals surface area (Å²) in [5, 5.41) is 2.52. The Kier molecular flexibility index (Phi) is 6.16. The van der Waals surface area contributed by atoms with Crippen LogP contribution in [0.2, 0.25) is 0 Å². The third-order valence-electron chi connectivity index (χ3n) is 3.16. The van der Waals surface area contributed by atoms with Crippen LogP contribution in [0.15, 0.2) is 48.5 Å². The van der Waals surface area contributed by atoms with Gasteiger partial charge in [-0.05, 0) is 31.2 Å². The Morgan fingerprint density at radius 1 is 1.00 bits per heavy atom. The second kappa shape index (κ2) is 8.53. The molecule has 132 valence electrons. The average Bonchev–Trinajstić information content (AvgIpc) is 2.62. The molecule has 0 fully saturated rings. The van der Waals surface area contributed by atoms with Gasteiger partial charge in [-0.3, -0.25) is 10.2 Å². The van der Waals surface area contributed by atoms with Gasteiger partial charge >= 0.3 is 6.03 Å². The van der Waals surface area contributed by atoms with Crippen molar-refractivity contribution in [2.45, 2.75) is 13.0 Å². The Morgan fingerprint density at radius 3 is 2.32 bits per heavy atom. The fraction of sp³-hybridized carbons (Fsp3) is 0.176. The van der Waals surface area contributed by atoms with E-state index in [0.29, 0.717) is 11.4 Å². The molecule has 1 atom stereocenters. The van der Waals surface area contributed by atoms with Gasteiger partial charge in [0.2, 0.25) is 0 Å². The van der Waals surface area contributed by atoms with Crippen LogP contribution in [0.1, 0.15) is 6.92 Å². The van der Waals surface area contributed by atoms with E-state index in [1.165, 1.54) is 32.2 Å². The van der Waals surface area contributed by atoms with Crippen molar-refractivity contribution in [2.75, 3.05) is 12.4 Å². The monoisotopic (exact) mass is 347 g/mol. The van der Waals surface area contributed by atoms with Crippen molar-refractivity contribution in [3.63, 3.8) is 0 Å². The lowest BCUT2D eigenvalue weighted by molar-refractivity contribution is -0.128. The van der Waals surface area contributed by atoms with Crippen LogP contribution in [0.5, 0.6) is 11.5 Å². The van der Waals surface area contributed by atoms with E-state index in [2.05, 4.69) is 16.2 Å². The van der Waals surface area contributed by atoms with E-state index in [0.717, 1.165) is 0 Å². The SMILES string of the molecule is COc1ccccc1NC(=O)NNC(=O)[C@@H](C)Oc1ccccc1F. The molecule has 7 nitrogen and oxygen atoms in total. The van der Waals surface area contributed by atoms with Gasteiger partial charge in [0, 0.05) is 0 Å². The van der Waals surface area contributed by atoms with Crippen LogP contribution < -0.4 is 25.6 Å². The first-order chi connectivity index (χ1) is 12.0. The Bertz CT molecular complexity index is 754. The molecule has 3 amide bonds. The van der Waals surface area contributed by atoms with E-state index in [1.54, 1.807) is 30.3 Å². The quantitative estimate of drug-likeness (QED) is 0.725. The molecule has 2 aromatic rings. The molecule has 2 aromatic carbocycles. The Hall–Kier alpha value is -3.29. The summed E-state index contributed by atoms with van der Waals surface area (Å²) in [5.74, 6) is -0.800. The molecule has 25 heavy (non-hydrogen) atoms. The normalized spacial score (nSPS) is 11.2. The molecule has 3 N–H and O–H groups in total. The summed E-state index contributed by atoms with van der Waals surface area (Å²) >= 11 is 0. The number of anilines is 1. The maximum atomic E-state index is 13.5. The molecule has 2 rings (SSSR count). The predicted octanol–water partition coefficient (Wildman–Crippen LogP) is 2.45. The fourth-order valence-electron chi connectivity index (χ4n) is 1.91. The van der Waals surface area contributed by atoms with Crippen LogP contribution in [-0.4, -0.2) is 25.2 Å². The van der Waals surface area contributed by atoms with E-state index in [1.807, 2.05) is 0 Å². The Balaban J connectivity index is 1.84. The Labute approximate surface area is 144 Å². The van der Waals surface area contributed by atoms with Crippen molar-refractivity contribution in [1.29, 1.82) is 0 Å². The Morgan fingerprint density at radius 2 is 1.64 bits per heavy atom. The van der Waals surface area contributed by atoms with Crippen LogP contribution in [0.25, 0.3) is 0 Å². The second-order valence-corrected chi connectivity index (χ2v) is 4.96. The molecule has 0 spiro atoms. The number of ether oxygens (including phenoxy) is 2. The third kappa shape index (κ3) is 5.10. The van der Waals surface area contributed by atoms with Crippen molar-refractivity contribution in [3.8, 4) is 11.5 Å². The minimum absolute atomic E-state index is 0.0522. The number of hydrazine groups is 1. The molecule has 0 radical (unpaired) electrons. The zero-order valence-corrected chi connectivity index (χ0v) is 13.7. The molecule has 0 bridgehead atoms. The topological polar surface area (TPSA) is 88.7 Å². The molecule has 0 aliphatic carbocycles. The number of halogens is 1. The lowest BCUT2D eigenvalue weighted by Gasteiger charge is -2.16. The van der Waals surface area contributed by atoms with Gasteiger partial charge in [0.25, 0.3) is 5.91 Å². The zero-order chi connectivity index (χ0) is 18.2. The molecule has 8 heteroatoms. The smallest absolute Gasteiger partial charge is 0.338 e. The van der Waals surface area contributed by atoms with Gasteiger partial charge in [-0.1, -0.05) is 24.3 Å². The van der Waals surface area contributed by atoms with Crippen LogP contribution in [0, 0.1) is 5.82 Å². The molecule has 0 saturated heterocycles. The first kappa shape index (κ1) is 18.1. The number of hydrogen-bond donors (Lipinski definition) is 3. The molecular weight excluding hydrogens is 329 g/mol. The van der Waals surface area contributed by atoms with Crippen molar-refractivity contribution in [2.24, 2.45) is 0 Å². The molecule has 0 heterocycles. The number of hydrogen-bond acceptors (Lipinski definition) is 4. The van der Waals surface area contributed by atoms with Crippen LogP contribution in [0.4, 0.5) is 14.9 Å². The van der Waals surface area contributed by atoms with Crippen molar-refractivity contribution < 1.29 is 23.5 Å². The highest BCUT2D eigenvalue weighted by Crippen LogP contribution is 2.22. The number of carbonyl (C=O) groups excluding carboxylic acids is 2. The highest BCUT2D eigenvalue weighted by Gasteiger charge is 2.17. The molecule has 0 aliphatic rings. The van der Waals surface area contributed by atoms with Gasteiger partial charge < -0.3 is 14.8 Å². The number of amides is 3. The lowest BCUT2D eigenvalue weighted by atomic mass is 10.3. The third-order valence-corrected chi connectivity index (χ3v) is 3.16. The molecular formula is C17H18FN3O4. The summed E-state index contributed by atoms with van der Waals surface area (Å²) < 4.78 is 23.8. The van der Waals surface area contributed by atoms with Crippen LogP contribution >= 0.6 is 0 Å². The summed E-state index contributed by atoms with van der Waals surface area (Å²) in [4.78, 5) is 23.7. The number of urea groups is 1. The molecule has 0 unspecified atom stereocenters. The number of methoxy groups -OCH3 is 1. The minimum Gasteiger partial charge on any atom is -0.495 e. The highest BCUT2D eigenvalue weighted by molar-refractivity contribution is 5.92. The zero-order valence-electron chi connectivity index (χ0n) is 13.7. The van der Waals surface area contributed by atoms with Crippen molar-refractivity contribution in [3.05, 3.63) is 54.3 Å². The molecule has 0 saturated carbocycles. The lowest BCUT2D eigenvalue weighted by Crippen LogP contribution is -2.48. The standard InChI is InChI=1S/C17H18FN3O4/c1-11(25-14-9-5-3-7-12(14)18)16(22)20-21-17(23)19-13-8-4-6-10-15(13)24-2/h3-11H,1-2H3,(H,20,22)(H2,19,21,23)/t11-/m1/s1. The molecule has 0 aliphatic heterocycles. The largest absolute Gasteiger partial charge is 0.495 e. The van der Waals surface area contributed by atoms with Crippen molar-refractivity contribution in [1.82, 2.24) is 10.9 Å². The van der Waals surface area contributed by atoms with Crippen LogP contribution in [0.3, 0.4) is 0 Å². The maximum absolute atomic E-state index is 13.5. The summed E-state index contributed by atoms with van der Waals surface area (Å²) in [7, 11) is 1.47. The van der Waals surface area contributed by atoms with E-state index in [-0.39, 0.29) is 5.75 Å². The first-order valence-corrected chi connectivity index (χ1v) is 7.42. The second-order valence-electron chi connectivity index (χ2n) is 4.96. The first-order valence-electron chi connectivity index (χ1n) is 7.42. The highest BCUT2D eigenvalue weighted by atomic mass is 19.1. The summed E-state index contributed by atoms with van der Waals surface area (Å²) in [6.07, 6.45) is -1.01. The van der Waals surface area contributed by atoms with Gasteiger partial charge in [-0.25, -0.2) is 14.6 Å². The van der Waals surface area contributed by atoms with Gasteiger partial charge in [0.1, 0.15) is 5.75 Å². The maximum Gasteiger partial charge on any atom is 0.338 e. The minimum atomic E-state index is -1.01. The van der Waals surface area contributed by atoms with Gasteiger partial charge in [0.05, 0.1) is 12.8 Å². The number of rotatable bonds is 5. The summed E-state index contributed by atoms with van der Waals surface area (Å²) in [6, 6.07) is 11.9. The summed E-state index contributed by atoms with van der Waals surface area (Å²) in [6.45, 7) is 1.43. The van der Waals surface area contributed by atoms with Crippen molar-refractivity contribution >= 4 is 17.6 Å². The fourth-order valence-corrected chi connectivity index (χ4v) is 1.91. The van der Waals surface area contributed by atoms with E-state index in [4.69, 9.17) is 9.47 Å². The van der Waals surface area contributed by atoms with E-state index >= 15 is 0 Å². The van der Waals surface area contributed by atoms with E-state index < -0.39 is 23.9 Å². The summed E-state index contributed by atoms with van der Waals surface area (Å²) in [5.41, 5.74) is 4.81. The number of para-hydroxylation sites is 3. The van der Waals surface area contributed by atoms with Gasteiger partial charge in [0.15, 0.2) is 17.7 Å². The number of nitrogens with one attached hydrogen (secondary N) is 3. The van der Waals surface area contributed by atoms with Gasteiger partial charge in [-0.15, -0.1) is 0 Å². The predicted molar refractivity (Wildman–Crippen MR) is 89.8 cm³/mol. The van der Waals surface area contributed by atoms with E-state index in [9.17, 15) is 14.0 Å². The van der Waals surface area contributed by atoms with Gasteiger partial charge in [-0.2, -0.15) is 0 Å². The average molecular weight is 347 g/mol. The van der Waals surface area contributed by atoms with Crippen LogP contribution in [-0.2, 0) is 4.79 Å².